The number of rotatable bonds is 5. The second-order valence-electron chi connectivity index (χ2n) is 7.12. The normalized spacial score (nSPS) is 22.7. The Balaban J connectivity index is 1.90. The lowest BCUT2D eigenvalue weighted by atomic mass is 10.0. The predicted octanol–water partition coefficient (Wildman–Crippen LogP) is -0.0863. The van der Waals surface area contributed by atoms with E-state index in [1.165, 1.54) is 0 Å². The summed E-state index contributed by atoms with van der Waals surface area (Å²) in [5.74, 6) is 0.593. The molecule has 2 saturated heterocycles. The predicted molar refractivity (Wildman–Crippen MR) is 91.3 cm³/mol. The molecule has 0 saturated carbocycles. The Morgan fingerprint density at radius 1 is 1.12 bits per heavy atom. The Hall–Kier alpha value is -1.63. The molecule has 3 amide bonds. The van der Waals surface area contributed by atoms with Crippen LogP contribution in [0, 0.1) is 5.92 Å². The Morgan fingerprint density at radius 3 is 2.33 bits per heavy atom. The first kappa shape index (κ1) is 18.7. The summed E-state index contributed by atoms with van der Waals surface area (Å²) >= 11 is 0. The summed E-state index contributed by atoms with van der Waals surface area (Å²) in [5, 5.41) is 2.88. The molecule has 0 aliphatic carbocycles. The number of nitrogens with zero attached hydrogens (tertiary/aromatic N) is 3. The minimum Gasteiger partial charge on any atom is -0.353 e. The van der Waals surface area contributed by atoms with Crippen LogP contribution in [0.2, 0.25) is 0 Å². The van der Waals surface area contributed by atoms with Gasteiger partial charge in [0.2, 0.25) is 17.7 Å². The maximum absolute atomic E-state index is 12.6. The van der Waals surface area contributed by atoms with E-state index >= 15 is 0 Å². The van der Waals surface area contributed by atoms with Gasteiger partial charge in [0.15, 0.2) is 0 Å². The Bertz CT molecular complexity index is 472. The molecular formula is C17H30N4O3. The maximum atomic E-state index is 12.6. The molecular weight excluding hydrogens is 308 g/mol. The van der Waals surface area contributed by atoms with Gasteiger partial charge in [-0.1, -0.05) is 13.8 Å². The molecule has 0 unspecified atom stereocenters. The zero-order valence-corrected chi connectivity index (χ0v) is 15.1. The van der Waals surface area contributed by atoms with Gasteiger partial charge in [-0.15, -0.1) is 0 Å². The number of piperazine rings is 2. The zero-order valence-electron chi connectivity index (χ0n) is 15.1. The van der Waals surface area contributed by atoms with Crippen molar-refractivity contribution in [1.82, 2.24) is 20.0 Å². The molecule has 1 atom stereocenters. The lowest BCUT2D eigenvalue weighted by Gasteiger charge is -2.38. The average molecular weight is 338 g/mol. The number of hydrogen-bond donors (Lipinski definition) is 1. The van der Waals surface area contributed by atoms with Gasteiger partial charge in [0.25, 0.3) is 0 Å². The lowest BCUT2D eigenvalue weighted by Crippen LogP contribution is -2.58. The van der Waals surface area contributed by atoms with Crippen LogP contribution in [-0.2, 0) is 14.4 Å². The summed E-state index contributed by atoms with van der Waals surface area (Å²) in [6.07, 6.45) is 1.25. The molecule has 7 nitrogen and oxygen atoms in total. The maximum Gasteiger partial charge on any atom is 0.237 e. The van der Waals surface area contributed by atoms with E-state index in [0.717, 1.165) is 19.5 Å². The van der Waals surface area contributed by atoms with Crippen molar-refractivity contribution in [3.8, 4) is 0 Å². The number of carbonyl (C=O) groups is 3. The summed E-state index contributed by atoms with van der Waals surface area (Å²) in [6.45, 7) is 10.4. The van der Waals surface area contributed by atoms with Gasteiger partial charge in [-0.25, -0.2) is 0 Å². The van der Waals surface area contributed by atoms with Gasteiger partial charge >= 0.3 is 0 Å². The smallest absolute Gasteiger partial charge is 0.237 e. The van der Waals surface area contributed by atoms with Crippen LogP contribution in [0.5, 0.6) is 0 Å². The summed E-state index contributed by atoms with van der Waals surface area (Å²) in [6, 6.07) is -0.365. The van der Waals surface area contributed by atoms with Crippen LogP contribution in [0.15, 0.2) is 0 Å². The second-order valence-corrected chi connectivity index (χ2v) is 7.12. The number of carbonyl (C=O) groups excluding carboxylic acids is 3. The molecule has 7 heteroatoms. The molecule has 2 aliphatic rings. The van der Waals surface area contributed by atoms with E-state index in [1.807, 2.05) is 0 Å². The molecule has 0 aromatic rings. The third-order valence-electron chi connectivity index (χ3n) is 4.88. The van der Waals surface area contributed by atoms with Crippen molar-refractivity contribution in [3.05, 3.63) is 0 Å². The molecule has 2 heterocycles. The summed E-state index contributed by atoms with van der Waals surface area (Å²) in [5.41, 5.74) is 0. The minimum absolute atomic E-state index is 0.00907. The number of nitrogens with one attached hydrogen (secondary N) is 1. The first-order chi connectivity index (χ1) is 11.4. The van der Waals surface area contributed by atoms with Crippen molar-refractivity contribution < 1.29 is 14.4 Å². The highest BCUT2D eigenvalue weighted by Crippen LogP contribution is 2.14. The van der Waals surface area contributed by atoms with E-state index in [-0.39, 0.29) is 30.2 Å². The van der Waals surface area contributed by atoms with Crippen molar-refractivity contribution in [2.45, 2.75) is 39.7 Å². The summed E-state index contributed by atoms with van der Waals surface area (Å²) in [7, 11) is 0. The minimum atomic E-state index is -0.365. The molecule has 2 fully saturated rings. The van der Waals surface area contributed by atoms with E-state index in [1.54, 1.807) is 16.7 Å². The zero-order chi connectivity index (χ0) is 17.7. The molecule has 1 N–H and O–H groups in total. The van der Waals surface area contributed by atoms with Crippen LogP contribution in [0.4, 0.5) is 0 Å². The molecule has 24 heavy (non-hydrogen) atoms. The number of amides is 3. The van der Waals surface area contributed by atoms with Crippen molar-refractivity contribution >= 4 is 17.7 Å². The fourth-order valence-electron chi connectivity index (χ4n) is 3.24. The van der Waals surface area contributed by atoms with Crippen LogP contribution in [0.1, 0.15) is 33.6 Å². The molecule has 0 radical (unpaired) electrons. The lowest BCUT2D eigenvalue weighted by molar-refractivity contribution is -0.142. The largest absolute Gasteiger partial charge is 0.353 e. The van der Waals surface area contributed by atoms with Crippen molar-refractivity contribution in [2.24, 2.45) is 5.92 Å². The van der Waals surface area contributed by atoms with Crippen molar-refractivity contribution in [2.75, 3.05) is 45.8 Å². The first-order valence-corrected chi connectivity index (χ1v) is 8.93. The highest BCUT2D eigenvalue weighted by Gasteiger charge is 2.33. The van der Waals surface area contributed by atoms with Gasteiger partial charge in [-0.3, -0.25) is 19.3 Å². The SMILES string of the molecule is CC(=O)N1CCN(C(=O)C[C@@H]2C(=O)NCCN2CCC(C)C)CC1. The van der Waals surface area contributed by atoms with E-state index in [4.69, 9.17) is 0 Å². The molecule has 2 aliphatic heterocycles. The van der Waals surface area contributed by atoms with Crippen molar-refractivity contribution in [1.29, 1.82) is 0 Å². The topological polar surface area (TPSA) is 73.0 Å². The summed E-state index contributed by atoms with van der Waals surface area (Å²) in [4.78, 5) is 41.9. The molecule has 0 bridgehead atoms. The van der Waals surface area contributed by atoms with Gasteiger partial charge in [0.1, 0.15) is 0 Å². The highest BCUT2D eigenvalue weighted by atomic mass is 16.2. The monoisotopic (exact) mass is 338 g/mol. The molecule has 0 spiro atoms. The second kappa shape index (κ2) is 8.46. The van der Waals surface area contributed by atoms with Crippen LogP contribution < -0.4 is 5.32 Å². The van der Waals surface area contributed by atoms with Gasteiger partial charge in [0, 0.05) is 46.2 Å². The van der Waals surface area contributed by atoms with Crippen LogP contribution in [0.25, 0.3) is 0 Å². The van der Waals surface area contributed by atoms with Crippen molar-refractivity contribution in [3.63, 3.8) is 0 Å². The summed E-state index contributed by atoms with van der Waals surface area (Å²) < 4.78 is 0. The number of hydrogen-bond acceptors (Lipinski definition) is 4. The van der Waals surface area contributed by atoms with E-state index in [2.05, 4.69) is 24.1 Å². The Labute approximate surface area is 144 Å². The first-order valence-electron chi connectivity index (χ1n) is 8.93. The van der Waals surface area contributed by atoms with E-state index in [0.29, 0.717) is 38.6 Å². The quantitative estimate of drug-likeness (QED) is 0.761. The van der Waals surface area contributed by atoms with Crippen LogP contribution in [-0.4, -0.2) is 84.3 Å². The van der Waals surface area contributed by atoms with E-state index in [9.17, 15) is 14.4 Å². The fraction of sp³-hybridized carbons (Fsp3) is 0.824. The van der Waals surface area contributed by atoms with Gasteiger partial charge < -0.3 is 15.1 Å². The third kappa shape index (κ3) is 4.93. The molecule has 2 rings (SSSR count). The Morgan fingerprint density at radius 2 is 1.75 bits per heavy atom. The molecule has 0 aromatic carbocycles. The highest BCUT2D eigenvalue weighted by molar-refractivity contribution is 5.89. The van der Waals surface area contributed by atoms with Gasteiger partial charge in [0.05, 0.1) is 12.5 Å². The van der Waals surface area contributed by atoms with Gasteiger partial charge in [-0.2, -0.15) is 0 Å². The molecule has 136 valence electrons. The van der Waals surface area contributed by atoms with E-state index < -0.39 is 0 Å². The van der Waals surface area contributed by atoms with Gasteiger partial charge in [-0.05, 0) is 18.9 Å². The third-order valence-corrected chi connectivity index (χ3v) is 4.88. The standard InChI is InChI=1S/C17H30N4O3/c1-13(2)4-6-20-7-5-18-17(24)15(20)12-16(23)21-10-8-19(9-11-21)14(3)22/h13,15H,4-12H2,1-3H3,(H,18,24)/t15-/m1/s1. The fourth-order valence-corrected chi connectivity index (χ4v) is 3.24. The van der Waals surface area contributed by atoms with Crippen LogP contribution >= 0.6 is 0 Å². The van der Waals surface area contributed by atoms with Crippen LogP contribution in [0.3, 0.4) is 0 Å². The Kier molecular flexibility index (Phi) is 6.60. The average Bonchev–Trinajstić information content (AvgIpc) is 2.55. The molecule has 0 aromatic heterocycles.